The van der Waals surface area contributed by atoms with E-state index in [1.54, 1.807) is 6.92 Å². The van der Waals surface area contributed by atoms with Gasteiger partial charge in [0, 0.05) is 5.56 Å². The minimum Gasteiger partial charge on any atom is -0.295 e. The Balaban J connectivity index is 2.27. The van der Waals surface area contributed by atoms with Crippen molar-refractivity contribution in [1.82, 2.24) is 0 Å². The van der Waals surface area contributed by atoms with Crippen LogP contribution in [0.4, 0.5) is 0 Å². The van der Waals surface area contributed by atoms with Gasteiger partial charge in [-0.05, 0) is 37.5 Å². The van der Waals surface area contributed by atoms with Gasteiger partial charge >= 0.3 is 0 Å². The van der Waals surface area contributed by atoms with Crippen molar-refractivity contribution in [2.45, 2.75) is 20.8 Å². The summed E-state index contributed by atoms with van der Waals surface area (Å²) < 4.78 is 0. The fourth-order valence-corrected chi connectivity index (χ4v) is 2.04. The van der Waals surface area contributed by atoms with E-state index in [1.807, 2.05) is 24.3 Å². The molecule has 0 bridgehead atoms. The van der Waals surface area contributed by atoms with E-state index in [-0.39, 0.29) is 5.78 Å². The molecule has 0 amide bonds. The van der Waals surface area contributed by atoms with Gasteiger partial charge in [0.05, 0.1) is 0 Å². The number of allylic oxidation sites excluding steroid dienone is 1. The van der Waals surface area contributed by atoms with Crippen molar-refractivity contribution in [2.75, 3.05) is 0 Å². The monoisotopic (exact) mass is 250 g/mol. The first-order valence-electron chi connectivity index (χ1n) is 6.42. The highest BCUT2D eigenvalue weighted by atomic mass is 16.1. The maximum atomic E-state index is 11.2. The van der Waals surface area contributed by atoms with Gasteiger partial charge in [0.1, 0.15) is 0 Å². The van der Waals surface area contributed by atoms with Crippen molar-refractivity contribution in [2.24, 2.45) is 0 Å². The Hall–Kier alpha value is -2.15. The number of hydrogen-bond donors (Lipinski definition) is 0. The summed E-state index contributed by atoms with van der Waals surface area (Å²) in [5, 5.41) is 0. The number of aryl methyl sites for hydroxylation is 1. The molecule has 0 aliphatic heterocycles. The zero-order valence-electron chi connectivity index (χ0n) is 11.6. The molecule has 0 saturated carbocycles. The van der Waals surface area contributed by atoms with Crippen molar-refractivity contribution in [3.05, 3.63) is 70.8 Å². The molecule has 0 unspecified atom stereocenters. The maximum Gasteiger partial charge on any atom is 0.159 e. The number of ketones is 1. The number of Topliss-reactive ketones (excluding diaryl/α,β-unsaturated/α-hetero) is 1. The van der Waals surface area contributed by atoms with Crippen LogP contribution in [-0.2, 0) is 0 Å². The molecule has 0 aliphatic carbocycles. The smallest absolute Gasteiger partial charge is 0.159 e. The van der Waals surface area contributed by atoms with Crippen LogP contribution in [0.15, 0.2) is 48.5 Å². The van der Waals surface area contributed by atoms with Crippen LogP contribution in [0.2, 0.25) is 0 Å². The maximum absolute atomic E-state index is 11.2. The zero-order chi connectivity index (χ0) is 13.8. The first-order valence-corrected chi connectivity index (χ1v) is 6.42. The molecule has 0 spiro atoms. The van der Waals surface area contributed by atoms with Crippen molar-refractivity contribution >= 4 is 17.4 Å². The molecule has 2 rings (SSSR count). The van der Waals surface area contributed by atoms with Gasteiger partial charge < -0.3 is 0 Å². The van der Waals surface area contributed by atoms with Crippen LogP contribution in [0.25, 0.3) is 11.6 Å². The fraction of sp³-hybridized carbons (Fsp3) is 0.167. The molecule has 0 aromatic heterocycles. The number of rotatable bonds is 3. The molecular weight excluding hydrogens is 232 g/mol. The molecule has 0 heterocycles. The van der Waals surface area contributed by atoms with E-state index < -0.39 is 0 Å². The van der Waals surface area contributed by atoms with E-state index in [4.69, 9.17) is 0 Å². The second-order valence-corrected chi connectivity index (χ2v) is 4.88. The van der Waals surface area contributed by atoms with Gasteiger partial charge in [0.25, 0.3) is 0 Å². The lowest BCUT2D eigenvalue weighted by Crippen LogP contribution is -1.90. The summed E-state index contributed by atoms with van der Waals surface area (Å²) in [5.74, 6) is 0.103. The van der Waals surface area contributed by atoms with Crippen molar-refractivity contribution < 1.29 is 4.79 Å². The molecule has 0 N–H and O–H groups in total. The van der Waals surface area contributed by atoms with Crippen LogP contribution in [0.5, 0.6) is 0 Å². The average molecular weight is 250 g/mol. The first-order chi connectivity index (χ1) is 9.06. The molecule has 96 valence electrons. The van der Waals surface area contributed by atoms with Gasteiger partial charge in [-0.25, -0.2) is 0 Å². The molecule has 1 nitrogen and oxygen atoms in total. The quantitative estimate of drug-likeness (QED) is 0.567. The number of hydrogen-bond acceptors (Lipinski definition) is 1. The lowest BCUT2D eigenvalue weighted by atomic mass is 10.0. The van der Waals surface area contributed by atoms with Crippen LogP contribution in [0.1, 0.15) is 40.9 Å². The Morgan fingerprint density at radius 1 is 0.947 bits per heavy atom. The van der Waals surface area contributed by atoms with Gasteiger partial charge in [0.2, 0.25) is 0 Å². The second kappa shape index (κ2) is 5.66. The van der Waals surface area contributed by atoms with Crippen molar-refractivity contribution in [3.63, 3.8) is 0 Å². The highest BCUT2D eigenvalue weighted by Crippen LogP contribution is 2.19. The van der Waals surface area contributed by atoms with Crippen LogP contribution in [-0.4, -0.2) is 5.78 Å². The fourth-order valence-electron chi connectivity index (χ4n) is 2.04. The number of carbonyl (C=O) groups excluding carboxylic acids is 1. The molecule has 1 heteroatoms. The summed E-state index contributed by atoms with van der Waals surface area (Å²) >= 11 is 0. The van der Waals surface area contributed by atoms with E-state index in [1.165, 1.54) is 16.7 Å². The molecule has 0 fully saturated rings. The Labute approximate surface area is 114 Å². The van der Waals surface area contributed by atoms with Crippen molar-refractivity contribution in [1.29, 1.82) is 0 Å². The SMILES string of the molecule is CC(=O)c1ccc(C=C(C)c2cccc(C)c2)cc1. The molecule has 0 radical (unpaired) electrons. The Morgan fingerprint density at radius 3 is 2.21 bits per heavy atom. The molecule has 0 aliphatic rings. The lowest BCUT2D eigenvalue weighted by molar-refractivity contribution is 0.101. The second-order valence-electron chi connectivity index (χ2n) is 4.88. The number of carbonyl (C=O) groups is 1. The normalized spacial score (nSPS) is 11.4. The summed E-state index contributed by atoms with van der Waals surface area (Å²) in [4.78, 5) is 11.2. The van der Waals surface area contributed by atoms with E-state index in [0.717, 1.165) is 11.1 Å². The van der Waals surface area contributed by atoms with E-state index in [0.29, 0.717) is 0 Å². The molecular formula is C18H18O. The molecule has 19 heavy (non-hydrogen) atoms. The highest BCUT2D eigenvalue weighted by molar-refractivity contribution is 5.94. The van der Waals surface area contributed by atoms with E-state index in [2.05, 4.69) is 44.2 Å². The van der Waals surface area contributed by atoms with Crippen LogP contribution in [0.3, 0.4) is 0 Å². The number of benzene rings is 2. The van der Waals surface area contributed by atoms with Gasteiger partial charge in [0.15, 0.2) is 5.78 Å². The lowest BCUT2D eigenvalue weighted by Gasteiger charge is -2.04. The molecule has 2 aromatic rings. The molecule has 2 aromatic carbocycles. The minimum absolute atomic E-state index is 0.103. The van der Waals surface area contributed by atoms with Crippen molar-refractivity contribution in [3.8, 4) is 0 Å². The van der Waals surface area contributed by atoms with Gasteiger partial charge in [-0.15, -0.1) is 0 Å². The standard InChI is InChI=1S/C18H18O/c1-13-5-4-6-18(11-13)14(2)12-16-7-9-17(10-8-16)15(3)19/h4-12H,1-3H3. The minimum atomic E-state index is 0.103. The summed E-state index contributed by atoms with van der Waals surface area (Å²) in [5.41, 5.74) is 5.58. The van der Waals surface area contributed by atoms with E-state index in [9.17, 15) is 4.79 Å². The van der Waals surface area contributed by atoms with Gasteiger partial charge in [-0.2, -0.15) is 0 Å². The summed E-state index contributed by atoms with van der Waals surface area (Å²) in [7, 11) is 0. The molecule has 0 saturated heterocycles. The third-order valence-corrected chi connectivity index (χ3v) is 3.17. The zero-order valence-corrected chi connectivity index (χ0v) is 11.6. The topological polar surface area (TPSA) is 17.1 Å². The third kappa shape index (κ3) is 3.41. The Kier molecular flexibility index (Phi) is 3.96. The summed E-state index contributed by atoms with van der Waals surface area (Å²) in [6.07, 6.45) is 2.14. The van der Waals surface area contributed by atoms with Gasteiger partial charge in [-0.3, -0.25) is 4.79 Å². The Bertz CT molecular complexity index is 618. The van der Waals surface area contributed by atoms with E-state index >= 15 is 0 Å². The largest absolute Gasteiger partial charge is 0.295 e. The Morgan fingerprint density at radius 2 is 1.63 bits per heavy atom. The third-order valence-electron chi connectivity index (χ3n) is 3.17. The first kappa shape index (κ1) is 13.3. The van der Waals surface area contributed by atoms with Gasteiger partial charge in [-0.1, -0.05) is 60.2 Å². The summed E-state index contributed by atoms with van der Waals surface area (Å²) in [6, 6.07) is 16.2. The predicted molar refractivity (Wildman–Crippen MR) is 81.2 cm³/mol. The molecule has 0 atom stereocenters. The summed E-state index contributed by atoms with van der Waals surface area (Å²) in [6.45, 7) is 5.79. The predicted octanol–water partition coefficient (Wildman–Crippen LogP) is 4.76. The highest BCUT2D eigenvalue weighted by Gasteiger charge is 1.99. The van der Waals surface area contributed by atoms with Crippen LogP contribution < -0.4 is 0 Å². The van der Waals surface area contributed by atoms with Crippen LogP contribution in [0, 0.1) is 6.92 Å². The average Bonchev–Trinajstić information content (AvgIpc) is 2.39. The van der Waals surface area contributed by atoms with Crippen LogP contribution >= 0.6 is 0 Å².